The Balaban J connectivity index is 3.06. The number of allylic oxidation sites excluding steroid dienone is 1. The maximum Gasteiger partial charge on any atom is 0.247 e. The lowest BCUT2D eigenvalue weighted by Crippen LogP contribution is -2.63. The summed E-state index contributed by atoms with van der Waals surface area (Å²) < 4.78 is 0. The van der Waals surface area contributed by atoms with Gasteiger partial charge in [-0.2, -0.15) is 0 Å². The van der Waals surface area contributed by atoms with E-state index in [1.807, 2.05) is 39.5 Å². The SMILES string of the molecule is C/C=C/C(=O)N1C(C)(C)CC(O)CC1(C)C. The van der Waals surface area contributed by atoms with Gasteiger partial charge in [-0.15, -0.1) is 0 Å². The molecule has 0 unspecified atom stereocenters. The van der Waals surface area contributed by atoms with E-state index >= 15 is 0 Å². The highest BCUT2D eigenvalue weighted by molar-refractivity contribution is 5.88. The molecule has 0 aromatic rings. The van der Waals surface area contributed by atoms with Crippen molar-refractivity contribution in [2.75, 3.05) is 0 Å². The van der Waals surface area contributed by atoms with Crippen LogP contribution in [0.5, 0.6) is 0 Å². The molecule has 3 heteroatoms. The number of likely N-dealkylation sites (tertiary alicyclic amines) is 1. The molecule has 3 nitrogen and oxygen atoms in total. The summed E-state index contributed by atoms with van der Waals surface area (Å²) in [6.45, 7) is 9.89. The summed E-state index contributed by atoms with van der Waals surface area (Å²) >= 11 is 0. The number of amides is 1. The lowest BCUT2D eigenvalue weighted by molar-refractivity contribution is -0.149. The van der Waals surface area contributed by atoms with Gasteiger partial charge in [0.25, 0.3) is 0 Å². The molecule has 1 fully saturated rings. The second-order valence-corrected chi connectivity index (χ2v) is 5.86. The van der Waals surface area contributed by atoms with E-state index in [-0.39, 0.29) is 23.1 Å². The first-order chi connectivity index (χ1) is 7.20. The molecule has 1 rings (SSSR count). The second-order valence-electron chi connectivity index (χ2n) is 5.86. The van der Waals surface area contributed by atoms with Gasteiger partial charge in [-0.1, -0.05) is 6.08 Å². The molecule has 1 heterocycles. The van der Waals surface area contributed by atoms with Gasteiger partial charge in [0, 0.05) is 11.1 Å². The first kappa shape index (κ1) is 13.2. The molecule has 1 amide bonds. The number of carbonyl (C=O) groups is 1. The van der Waals surface area contributed by atoms with Crippen molar-refractivity contribution in [2.24, 2.45) is 0 Å². The smallest absolute Gasteiger partial charge is 0.247 e. The third-order valence-electron chi connectivity index (χ3n) is 3.21. The minimum Gasteiger partial charge on any atom is -0.393 e. The Morgan fingerprint density at radius 2 is 1.69 bits per heavy atom. The molecule has 1 N–H and O–H groups in total. The summed E-state index contributed by atoms with van der Waals surface area (Å²) in [5.41, 5.74) is -0.588. The Morgan fingerprint density at radius 1 is 1.25 bits per heavy atom. The normalized spacial score (nSPS) is 25.0. The Hall–Kier alpha value is -0.830. The van der Waals surface area contributed by atoms with Gasteiger partial charge in [-0.3, -0.25) is 4.79 Å². The van der Waals surface area contributed by atoms with E-state index < -0.39 is 0 Å². The summed E-state index contributed by atoms with van der Waals surface area (Å²) in [5, 5.41) is 9.85. The Labute approximate surface area is 98.1 Å². The van der Waals surface area contributed by atoms with Crippen LogP contribution in [0.1, 0.15) is 47.5 Å². The first-order valence-electron chi connectivity index (χ1n) is 5.86. The molecule has 92 valence electrons. The summed E-state index contributed by atoms with van der Waals surface area (Å²) in [6.07, 6.45) is 4.32. The van der Waals surface area contributed by atoms with Gasteiger partial charge in [0.15, 0.2) is 0 Å². The molecule has 0 aromatic heterocycles. The van der Waals surface area contributed by atoms with Gasteiger partial charge in [-0.25, -0.2) is 0 Å². The van der Waals surface area contributed by atoms with E-state index in [0.717, 1.165) is 0 Å². The molecule has 1 aliphatic heterocycles. The lowest BCUT2D eigenvalue weighted by atomic mass is 9.78. The van der Waals surface area contributed by atoms with Gasteiger partial charge in [0.05, 0.1) is 6.10 Å². The zero-order valence-electron chi connectivity index (χ0n) is 10.9. The maximum atomic E-state index is 12.1. The third kappa shape index (κ3) is 2.46. The number of aliphatic hydroxyl groups is 1. The molecule has 0 aromatic carbocycles. The van der Waals surface area contributed by atoms with Crippen molar-refractivity contribution >= 4 is 5.91 Å². The summed E-state index contributed by atoms with van der Waals surface area (Å²) in [4.78, 5) is 14.0. The highest BCUT2D eigenvalue weighted by Crippen LogP contribution is 2.38. The molecule has 16 heavy (non-hydrogen) atoms. The van der Waals surface area contributed by atoms with Gasteiger partial charge in [-0.05, 0) is 53.5 Å². The van der Waals surface area contributed by atoms with Crippen molar-refractivity contribution in [3.8, 4) is 0 Å². The monoisotopic (exact) mass is 225 g/mol. The molecule has 1 aliphatic rings. The summed E-state index contributed by atoms with van der Waals surface area (Å²) in [7, 11) is 0. The number of hydrogen-bond donors (Lipinski definition) is 1. The lowest BCUT2D eigenvalue weighted by Gasteiger charge is -2.54. The number of rotatable bonds is 1. The minimum atomic E-state index is -0.320. The highest BCUT2D eigenvalue weighted by atomic mass is 16.3. The highest BCUT2D eigenvalue weighted by Gasteiger charge is 2.46. The standard InChI is InChI=1S/C13H23NO2/c1-6-7-11(16)14-12(2,3)8-10(15)9-13(14,4)5/h6-7,10,15H,8-9H2,1-5H3/b7-6+. The molecule has 0 atom stereocenters. The van der Waals surface area contributed by atoms with Crippen molar-refractivity contribution in [1.82, 2.24) is 4.90 Å². The van der Waals surface area contributed by atoms with Gasteiger partial charge in [0.1, 0.15) is 0 Å². The first-order valence-corrected chi connectivity index (χ1v) is 5.86. The Bertz CT molecular complexity index is 287. The van der Waals surface area contributed by atoms with Crippen LogP contribution in [0.2, 0.25) is 0 Å². The van der Waals surface area contributed by atoms with Gasteiger partial charge < -0.3 is 10.0 Å². The second kappa shape index (κ2) is 4.21. The zero-order chi connectivity index (χ0) is 12.6. The van der Waals surface area contributed by atoms with Crippen LogP contribution >= 0.6 is 0 Å². The molecule has 0 spiro atoms. The number of hydrogen-bond acceptors (Lipinski definition) is 2. The van der Waals surface area contributed by atoms with Crippen molar-refractivity contribution in [2.45, 2.75) is 64.6 Å². The van der Waals surface area contributed by atoms with Crippen LogP contribution in [0.3, 0.4) is 0 Å². The summed E-state index contributed by atoms with van der Waals surface area (Å²) in [5.74, 6) is 0.0319. The van der Waals surface area contributed by atoms with Crippen LogP contribution in [0, 0.1) is 0 Å². The average Bonchev–Trinajstić information content (AvgIpc) is 1.96. The molecule has 0 aliphatic carbocycles. The van der Waals surface area contributed by atoms with Crippen molar-refractivity contribution in [1.29, 1.82) is 0 Å². The number of nitrogens with zero attached hydrogens (tertiary/aromatic N) is 1. The fourth-order valence-electron chi connectivity index (χ4n) is 3.04. The number of carbonyl (C=O) groups excluding carboxylic acids is 1. The van der Waals surface area contributed by atoms with Crippen molar-refractivity contribution in [3.05, 3.63) is 12.2 Å². The predicted molar refractivity (Wildman–Crippen MR) is 65.1 cm³/mol. The van der Waals surface area contributed by atoms with Crippen molar-refractivity contribution in [3.63, 3.8) is 0 Å². The van der Waals surface area contributed by atoms with Crippen molar-refractivity contribution < 1.29 is 9.90 Å². The van der Waals surface area contributed by atoms with Crippen LogP contribution in [-0.4, -0.2) is 33.1 Å². The van der Waals surface area contributed by atoms with Crippen LogP contribution < -0.4 is 0 Å². The van der Waals surface area contributed by atoms with E-state index in [2.05, 4.69) is 0 Å². The third-order valence-corrected chi connectivity index (χ3v) is 3.21. The predicted octanol–water partition coefficient (Wildman–Crippen LogP) is 2.10. The molecular weight excluding hydrogens is 202 g/mol. The average molecular weight is 225 g/mol. The van der Waals surface area contributed by atoms with E-state index in [1.54, 1.807) is 12.2 Å². The molecule has 0 saturated carbocycles. The fourth-order valence-corrected chi connectivity index (χ4v) is 3.04. The molecule has 1 saturated heterocycles. The molecule has 0 radical (unpaired) electrons. The van der Waals surface area contributed by atoms with Crippen LogP contribution in [0.15, 0.2) is 12.2 Å². The molecular formula is C13H23NO2. The van der Waals surface area contributed by atoms with Gasteiger partial charge >= 0.3 is 0 Å². The zero-order valence-corrected chi connectivity index (χ0v) is 10.9. The topological polar surface area (TPSA) is 40.5 Å². The fraction of sp³-hybridized carbons (Fsp3) is 0.769. The number of piperidine rings is 1. The van der Waals surface area contributed by atoms with Gasteiger partial charge in [0.2, 0.25) is 5.91 Å². The van der Waals surface area contributed by atoms with Crippen LogP contribution in [0.25, 0.3) is 0 Å². The number of aliphatic hydroxyl groups excluding tert-OH is 1. The van der Waals surface area contributed by atoms with Crippen LogP contribution in [-0.2, 0) is 4.79 Å². The largest absolute Gasteiger partial charge is 0.393 e. The quantitative estimate of drug-likeness (QED) is 0.694. The Kier molecular flexibility index (Phi) is 3.48. The van der Waals surface area contributed by atoms with E-state index in [4.69, 9.17) is 0 Å². The van der Waals surface area contributed by atoms with E-state index in [0.29, 0.717) is 12.8 Å². The minimum absolute atomic E-state index is 0.0319. The van der Waals surface area contributed by atoms with E-state index in [9.17, 15) is 9.90 Å². The van der Waals surface area contributed by atoms with E-state index in [1.165, 1.54) is 0 Å². The van der Waals surface area contributed by atoms with Crippen LogP contribution in [0.4, 0.5) is 0 Å². The Morgan fingerprint density at radius 3 is 2.06 bits per heavy atom. The summed E-state index contributed by atoms with van der Waals surface area (Å²) in [6, 6.07) is 0. The molecule has 0 bridgehead atoms. The maximum absolute atomic E-state index is 12.1.